The Morgan fingerprint density at radius 1 is 1.14 bits per heavy atom. The fourth-order valence-corrected chi connectivity index (χ4v) is 2.78. The fraction of sp³-hybridized carbons (Fsp3) is 0.333. The average Bonchev–Trinajstić information content (AvgIpc) is 2.48. The minimum Gasteiger partial charge on any atom is -0.456 e. The quantitative estimate of drug-likeness (QED) is 0.733. The Morgan fingerprint density at radius 2 is 1.90 bits per heavy atom. The zero-order valence-corrected chi connectivity index (χ0v) is 14.4. The number of halogens is 1. The van der Waals surface area contributed by atoms with Gasteiger partial charge in [0.15, 0.2) is 0 Å². The van der Waals surface area contributed by atoms with Crippen LogP contribution < -0.4 is 10.1 Å². The van der Waals surface area contributed by atoms with Gasteiger partial charge in [0.1, 0.15) is 11.5 Å². The van der Waals surface area contributed by atoms with Crippen molar-refractivity contribution in [3.05, 3.63) is 58.1 Å². The van der Waals surface area contributed by atoms with Gasteiger partial charge >= 0.3 is 0 Å². The van der Waals surface area contributed by atoms with Gasteiger partial charge in [-0.05, 0) is 66.5 Å². The van der Waals surface area contributed by atoms with Crippen molar-refractivity contribution < 1.29 is 4.74 Å². The number of rotatable bonds is 6. The van der Waals surface area contributed by atoms with E-state index in [0.717, 1.165) is 28.9 Å². The maximum atomic E-state index is 6.11. The van der Waals surface area contributed by atoms with E-state index in [1.54, 1.807) is 0 Å². The summed E-state index contributed by atoms with van der Waals surface area (Å²) in [5.74, 6) is 1.74. The molecular weight excluding hydrogens is 326 g/mol. The lowest BCUT2D eigenvalue weighted by molar-refractivity contribution is 0.458. The van der Waals surface area contributed by atoms with Crippen LogP contribution in [-0.2, 0) is 0 Å². The molecule has 2 rings (SSSR count). The highest BCUT2D eigenvalue weighted by Crippen LogP contribution is 2.34. The highest BCUT2D eigenvalue weighted by molar-refractivity contribution is 9.10. The molecule has 0 heterocycles. The highest BCUT2D eigenvalue weighted by atomic mass is 79.9. The molecule has 0 radical (unpaired) electrons. The molecule has 0 aliphatic carbocycles. The summed E-state index contributed by atoms with van der Waals surface area (Å²) < 4.78 is 7.09. The van der Waals surface area contributed by atoms with Crippen LogP contribution in [0.3, 0.4) is 0 Å². The molecule has 2 nitrogen and oxygen atoms in total. The zero-order valence-electron chi connectivity index (χ0n) is 12.8. The van der Waals surface area contributed by atoms with E-state index in [0.29, 0.717) is 0 Å². The maximum absolute atomic E-state index is 6.11. The Bertz CT molecular complexity index is 598. The summed E-state index contributed by atoms with van der Waals surface area (Å²) in [6.45, 7) is 7.41. The first-order chi connectivity index (χ1) is 10.1. The molecule has 0 aliphatic rings. The summed E-state index contributed by atoms with van der Waals surface area (Å²) in [7, 11) is 0. The van der Waals surface area contributed by atoms with Gasteiger partial charge in [0, 0.05) is 11.6 Å². The summed E-state index contributed by atoms with van der Waals surface area (Å²) in [5, 5.41) is 3.51. The van der Waals surface area contributed by atoms with Crippen molar-refractivity contribution in [3.63, 3.8) is 0 Å². The first-order valence-corrected chi connectivity index (χ1v) is 8.17. The van der Waals surface area contributed by atoms with Crippen LogP contribution in [0.4, 0.5) is 0 Å². The van der Waals surface area contributed by atoms with E-state index in [-0.39, 0.29) is 6.04 Å². The summed E-state index contributed by atoms with van der Waals surface area (Å²) in [4.78, 5) is 0. The first kappa shape index (κ1) is 16.1. The Labute approximate surface area is 135 Å². The van der Waals surface area contributed by atoms with Crippen LogP contribution in [0, 0.1) is 6.92 Å². The van der Waals surface area contributed by atoms with Crippen molar-refractivity contribution in [1.29, 1.82) is 0 Å². The zero-order chi connectivity index (χ0) is 15.2. The molecule has 0 amide bonds. The van der Waals surface area contributed by atoms with Gasteiger partial charge in [-0.1, -0.05) is 31.2 Å². The maximum Gasteiger partial charge on any atom is 0.141 e. The number of aryl methyl sites for hydroxylation is 1. The van der Waals surface area contributed by atoms with Crippen LogP contribution in [0.1, 0.15) is 37.4 Å². The predicted molar refractivity (Wildman–Crippen MR) is 92.1 cm³/mol. The molecule has 2 aromatic carbocycles. The number of benzene rings is 2. The molecule has 1 atom stereocenters. The van der Waals surface area contributed by atoms with E-state index >= 15 is 0 Å². The van der Waals surface area contributed by atoms with Crippen molar-refractivity contribution >= 4 is 15.9 Å². The Hall–Kier alpha value is -1.32. The van der Waals surface area contributed by atoms with E-state index in [1.165, 1.54) is 11.1 Å². The summed E-state index contributed by atoms with van der Waals surface area (Å²) in [6.07, 6.45) is 1.12. The second kappa shape index (κ2) is 7.62. The number of nitrogens with one attached hydrogen (secondary N) is 1. The van der Waals surface area contributed by atoms with Crippen LogP contribution in [-0.4, -0.2) is 6.54 Å². The van der Waals surface area contributed by atoms with E-state index in [1.807, 2.05) is 18.2 Å². The fourth-order valence-electron chi connectivity index (χ4n) is 2.21. The van der Waals surface area contributed by atoms with Crippen LogP contribution >= 0.6 is 15.9 Å². The molecule has 1 unspecified atom stereocenters. The van der Waals surface area contributed by atoms with Crippen molar-refractivity contribution in [2.24, 2.45) is 0 Å². The van der Waals surface area contributed by atoms with Crippen molar-refractivity contribution in [2.75, 3.05) is 6.54 Å². The SMILES string of the molecule is CCCNC(C)c1ccccc1Oc1ccc(C)cc1Br. The summed E-state index contributed by atoms with van der Waals surface area (Å²) in [5.41, 5.74) is 2.39. The Balaban J connectivity index is 2.23. The first-order valence-electron chi connectivity index (χ1n) is 7.38. The van der Waals surface area contributed by atoms with Gasteiger partial charge in [0.2, 0.25) is 0 Å². The molecule has 0 fully saturated rings. The number of hydrogen-bond acceptors (Lipinski definition) is 2. The minimum absolute atomic E-state index is 0.269. The number of para-hydroxylation sites is 1. The van der Waals surface area contributed by atoms with Gasteiger partial charge in [-0.3, -0.25) is 0 Å². The Morgan fingerprint density at radius 3 is 2.62 bits per heavy atom. The second-order valence-corrected chi connectivity index (χ2v) is 6.10. The lowest BCUT2D eigenvalue weighted by Crippen LogP contribution is -2.19. The third-order valence-electron chi connectivity index (χ3n) is 3.39. The highest BCUT2D eigenvalue weighted by Gasteiger charge is 2.12. The largest absolute Gasteiger partial charge is 0.456 e. The monoisotopic (exact) mass is 347 g/mol. The van der Waals surface area contributed by atoms with Gasteiger partial charge in [-0.15, -0.1) is 0 Å². The molecule has 21 heavy (non-hydrogen) atoms. The van der Waals surface area contributed by atoms with Gasteiger partial charge < -0.3 is 10.1 Å². The molecular formula is C18H22BrNO. The lowest BCUT2D eigenvalue weighted by atomic mass is 10.1. The lowest BCUT2D eigenvalue weighted by Gasteiger charge is -2.18. The van der Waals surface area contributed by atoms with Crippen LogP contribution in [0.5, 0.6) is 11.5 Å². The molecule has 0 spiro atoms. The predicted octanol–water partition coefficient (Wildman–Crippen LogP) is 5.61. The third kappa shape index (κ3) is 4.32. The van der Waals surface area contributed by atoms with Gasteiger partial charge in [0.25, 0.3) is 0 Å². The van der Waals surface area contributed by atoms with Crippen molar-refractivity contribution in [2.45, 2.75) is 33.2 Å². The van der Waals surface area contributed by atoms with Gasteiger partial charge in [-0.25, -0.2) is 0 Å². The third-order valence-corrected chi connectivity index (χ3v) is 4.01. The molecule has 112 valence electrons. The molecule has 0 bridgehead atoms. The molecule has 2 aromatic rings. The van der Waals surface area contributed by atoms with Crippen LogP contribution in [0.15, 0.2) is 46.9 Å². The molecule has 0 aromatic heterocycles. The van der Waals surface area contributed by atoms with Crippen LogP contribution in [0.2, 0.25) is 0 Å². The standard InChI is InChI=1S/C18H22BrNO/c1-4-11-20-14(3)15-7-5-6-8-17(15)21-18-10-9-13(2)12-16(18)19/h5-10,12,14,20H,4,11H2,1-3H3. The number of hydrogen-bond donors (Lipinski definition) is 1. The average molecular weight is 348 g/mol. The Kier molecular flexibility index (Phi) is 5.83. The van der Waals surface area contributed by atoms with Crippen molar-refractivity contribution in [3.8, 4) is 11.5 Å². The molecule has 0 aliphatic heterocycles. The molecule has 0 saturated carbocycles. The topological polar surface area (TPSA) is 21.3 Å². The van der Waals surface area contributed by atoms with Crippen molar-refractivity contribution in [1.82, 2.24) is 5.32 Å². The molecule has 3 heteroatoms. The van der Waals surface area contributed by atoms with Gasteiger partial charge in [0.05, 0.1) is 4.47 Å². The van der Waals surface area contributed by atoms with E-state index in [2.05, 4.69) is 66.3 Å². The number of ether oxygens (including phenoxy) is 1. The van der Waals surface area contributed by atoms with Crippen LogP contribution in [0.25, 0.3) is 0 Å². The molecule has 0 saturated heterocycles. The summed E-state index contributed by atoms with van der Waals surface area (Å²) in [6, 6.07) is 14.6. The van der Waals surface area contributed by atoms with E-state index < -0.39 is 0 Å². The molecule has 1 N–H and O–H groups in total. The minimum atomic E-state index is 0.269. The summed E-state index contributed by atoms with van der Waals surface area (Å²) >= 11 is 3.57. The normalized spacial score (nSPS) is 12.2. The van der Waals surface area contributed by atoms with E-state index in [9.17, 15) is 0 Å². The smallest absolute Gasteiger partial charge is 0.141 e. The second-order valence-electron chi connectivity index (χ2n) is 5.25. The van der Waals surface area contributed by atoms with Gasteiger partial charge in [-0.2, -0.15) is 0 Å². The van der Waals surface area contributed by atoms with E-state index in [4.69, 9.17) is 4.74 Å².